The van der Waals surface area contributed by atoms with Crippen molar-refractivity contribution in [2.24, 2.45) is 0 Å². The minimum absolute atomic E-state index is 0.243. The van der Waals surface area contributed by atoms with E-state index < -0.39 is 5.60 Å². The molecule has 0 aromatic rings. The zero-order chi connectivity index (χ0) is 9.03. The Labute approximate surface area is 71.1 Å². The van der Waals surface area contributed by atoms with E-state index in [1.165, 1.54) is 7.05 Å². The highest BCUT2D eigenvalue weighted by Crippen LogP contribution is 2.16. The van der Waals surface area contributed by atoms with Crippen LogP contribution < -0.4 is 10.6 Å². The summed E-state index contributed by atoms with van der Waals surface area (Å²) in [5.41, 5.74) is -0.869. The number of aliphatic hydroxyl groups is 1. The molecule has 0 radical (unpaired) electrons. The molecular formula is C7H14N2O3. The van der Waals surface area contributed by atoms with E-state index in [1.54, 1.807) is 0 Å². The van der Waals surface area contributed by atoms with Gasteiger partial charge in [-0.25, -0.2) is 4.79 Å². The lowest BCUT2D eigenvalue weighted by molar-refractivity contribution is 0.0292. The van der Waals surface area contributed by atoms with Gasteiger partial charge in [-0.2, -0.15) is 0 Å². The normalized spacial score (nSPS) is 28.5. The van der Waals surface area contributed by atoms with Gasteiger partial charge >= 0.3 is 6.03 Å². The first-order valence-electron chi connectivity index (χ1n) is 3.92. The average molecular weight is 174 g/mol. The van der Waals surface area contributed by atoms with Crippen molar-refractivity contribution in [1.82, 2.24) is 10.6 Å². The molecule has 1 rings (SSSR count). The maximum absolute atomic E-state index is 10.7. The molecular weight excluding hydrogens is 160 g/mol. The van der Waals surface area contributed by atoms with E-state index >= 15 is 0 Å². The number of urea groups is 1. The average Bonchev–Trinajstić information content (AvgIpc) is 2.49. The zero-order valence-electron chi connectivity index (χ0n) is 7.09. The summed E-state index contributed by atoms with van der Waals surface area (Å²) in [6.45, 7) is 1.11. The van der Waals surface area contributed by atoms with E-state index in [4.69, 9.17) is 4.74 Å². The third kappa shape index (κ3) is 2.35. The molecule has 1 heterocycles. The van der Waals surface area contributed by atoms with Gasteiger partial charge < -0.3 is 20.5 Å². The standard InChI is InChI=1S/C7H14N2O3/c1-8-6(10)9-4-7(11)2-3-12-5-7/h11H,2-5H2,1H3,(H2,8,9,10). The molecule has 0 saturated carbocycles. The van der Waals surface area contributed by atoms with Crippen molar-refractivity contribution in [1.29, 1.82) is 0 Å². The van der Waals surface area contributed by atoms with Gasteiger partial charge in [-0.1, -0.05) is 0 Å². The summed E-state index contributed by atoms with van der Waals surface area (Å²) in [5.74, 6) is 0. The van der Waals surface area contributed by atoms with Crippen LogP contribution in [0.5, 0.6) is 0 Å². The maximum Gasteiger partial charge on any atom is 0.314 e. The molecule has 0 aromatic heterocycles. The Balaban J connectivity index is 2.25. The third-order valence-corrected chi connectivity index (χ3v) is 1.89. The van der Waals surface area contributed by atoms with Crippen molar-refractivity contribution in [2.75, 3.05) is 26.8 Å². The number of rotatable bonds is 2. The fourth-order valence-corrected chi connectivity index (χ4v) is 1.07. The lowest BCUT2D eigenvalue weighted by Gasteiger charge is -2.20. The van der Waals surface area contributed by atoms with Gasteiger partial charge in [0, 0.05) is 20.1 Å². The lowest BCUT2D eigenvalue weighted by atomic mass is 10.0. The Bertz CT molecular complexity index is 166. The second kappa shape index (κ2) is 3.73. The van der Waals surface area contributed by atoms with E-state index in [1.807, 2.05) is 0 Å². The van der Waals surface area contributed by atoms with Crippen molar-refractivity contribution in [3.63, 3.8) is 0 Å². The van der Waals surface area contributed by atoms with Crippen LogP contribution in [-0.4, -0.2) is 43.5 Å². The number of amides is 2. The van der Waals surface area contributed by atoms with Gasteiger partial charge in [0.1, 0.15) is 5.60 Å². The molecule has 1 aliphatic heterocycles. The molecule has 1 aliphatic rings. The predicted octanol–water partition coefficient (Wildman–Crippen LogP) is -0.933. The first kappa shape index (κ1) is 9.28. The topological polar surface area (TPSA) is 70.6 Å². The Morgan fingerprint density at radius 3 is 3.00 bits per heavy atom. The molecule has 0 aliphatic carbocycles. The second-order valence-electron chi connectivity index (χ2n) is 2.96. The predicted molar refractivity (Wildman–Crippen MR) is 42.8 cm³/mol. The molecule has 0 bridgehead atoms. The highest BCUT2D eigenvalue weighted by Gasteiger charge is 2.32. The summed E-state index contributed by atoms with van der Waals surface area (Å²) < 4.78 is 5.00. The first-order chi connectivity index (χ1) is 5.66. The van der Waals surface area contributed by atoms with Gasteiger partial charge in [-0.15, -0.1) is 0 Å². The summed E-state index contributed by atoms with van der Waals surface area (Å²) >= 11 is 0. The quantitative estimate of drug-likeness (QED) is 0.506. The number of hydrogen-bond acceptors (Lipinski definition) is 3. The van der Waals surface area contributed by atoms with Gasteiger partial charge in [0.05, 0.1) is 13.2 Å². The minimum Gasteiger partial charge on any atom is -0.386 e. The molecule has 0 aromatic carbocycles. The first-order valence-corrected chi connectivity index (χ1v) is 3.92. The van der Waals surface area contributed by atoms with E-state index in [-0.39, 0.29) is 12.6 Å². The van der Waals surface area contributed by atoms with Crippen molar-refractivity contribution < 1.29 is 14.6 Å². The maximum atomic E-state index is 10.7. The van der Waals surface area contributed by atoms with Crippen LogP contribution in [0.4, 0.5) is 4.79 Å². The number of carbonyl (C=O) groups excluding carboxylic acids is 1. The molecule has 5 nitrogen and oxygen atoms in total. The number of hydrogen-bond donors (Lipinski definition) is 3. The van der Waals surface area contributed by atoms with E-state index in [9.17, 15) is 9.90 Å². The number of carbonyl (C=O) groups is 1. The van der Waals surface area contributed by atoms with Gasteiger partial charge in [-0.05, 0) is 0 Å². The second-order valence-corrected chi connectivity index (χ2v) is 2.96. The van der Waals surface area contributed by atoms with E-state index in [0.717, 1.165) is 0 Å². The summed E-state index contributed by atoms with van der Waals surface area (Å²) in [7, 11) is 1.53. The van der Waals surface area contributed by atoms with Crippen LogP contribution >= 0.6 is 0 Å². The Kier molecular flexibility index (Phi) is 2.88. The largest absolute Gasteiger partial charge is 0.386 e. The highest BCUT2D eigenvalue weighted by atomic mass is 16.5. The molecule has 1 fully saturated rings. The third-order valence-electron chi connectivity index (χ3n) is 1.89. The Morgan fingerprint density at radius 2 is 2.50 bits per heavy atom. The fourth-order valence-electron chi connectivity index (χ4n) is 1.07. The monoisotopic (exact) mass is 174 g/mol. The van der Waals surface area contributed by atoms with Gasteiger partial charge in [0.2, 0.25) is 0 Å². The Hall–Kier alpha value is -0.810. The molecule has 1 unspecified atom stereocenters. The van der Waals surface area contributed by atoms with Crippen LogP contribution in [-0.2, 0) is 4.74 Å². The summed E-state index contributed by atoms with van der Waals surface area (Å²) in [5, 5.41) is 14.6. The van der Waals surface area contributed by atoms with Crippen molar-refractivity contribution in [3.8, 4) is 0 Å². The van der Waals surface area contributed by atoms with Crippen LogP contribution in [0.1, 0.15) is 6.42 Å². The summed E-state index contributed by atoms with van der Waals surface area (Å²) in [4.78, 5) is 10.7. The lowest BCUT2D eigenvalue weighted by Crippen LogP contribution is -2.45. The molecule has 5 heteroatoms. The van der Waals surface area contributed by atoms with Crippen LogP contribution in [0.2, 0.25) is 0 Å². The fraction of sp³-hybridized carbons (Fsp3) is 0.857. The summed E-state index contributed by atoms with van der Waals surface area (Å²) in [6, 6.07) is -0.282. The summed E-state index contributed by atoms with van der Waals surface area (Å²) in [6.07, 6.45) is 0.580. The molecule has 1 atom stereocenters. The molecule has 1 saturated heterocycles. The molecule has 12 heavy (non-hydrogen) atoms. The van der Waals surface area contributed by atoms with Crippen molar-refractivity contribution in [2.45, 2.75) is 12.0 Å². The van der Waals surface area contributed by atoms with Crippen LogP contribution in [0.25, 0.3) is 0 Å². The Morgan fingerprint density at radius 1 is 1.75 bits per heavy atom. The van der Waals surface area contributed by atoms with Gasteiger partial charge in [-0.3, -0.25) is 0 Å². The van der Waals surface area contributed by atoms with Crippen LogP contribution in [0, 0.1) is 0 Å². The van der Waals surface area contributed by atoms with E-state index in [0.29, 0.717) is 19.6 Å². The molecule has 70 valence electrons. The number of ether oxygens (including phenoxy) is 1. The van der Waals surface area contributed by atoms with Crippen LogP contribution in [0.3, 0.4) is 0 Å². The highest BCUT2D eigenvalue weighted by molar-refractivity contribution is 5.73. The van der Waals surface area contributed by atoms with Gasteiger partial charge in [0.15, 0.2) is 0 Å². The molecule has 2 amide bonds. The van der Waals surface area contributed by atoms with E-state index in [2.05, 4.69) is 10.6 Å². The van der Waals surface area contributed by atoms with Crippen molar-refractivity contribution >= 4 is 6.03 Å². The van der Waals surface area contributed by atoms with Crippen LogP contribution in [0.15, 0.2) is 0 Å². The smallest absolute Gasteiger partial charge is 0.314 e. The zero-order valence-corrected chi connectivity index (χ0v) is 7.09. The number of nitrogens with one attached hydrogen (secondary N) is 2. The molecule has 0 spiro atoms. The van der Waals surface area contributed by atoms with Crippen molar-refractivity contribution in [3.05, 3.63) is 0 Å². The SMILES string of the molecule is CNC(=O)NCC1(O)CCOC1. The minimum atomic E-state index is -0.869. The molecule has 3 N–H and O–H groups in total. The van der Waals surface area contributed by atoms with Gasteiger partial charge in [0.25, 0.3) is 0 Å².